The summed E-state index contributed by atoms with van der Waals surface area (Å²) in [6.45, 7) is 4.94. The maximum absolute atomic E-state index is 3.57. The number of quaternary nitrogens is 1. The quantitative estimate of drug-likeness (QED) is 0.0844. The Labute approximate surface area is 217 Å². The lowest BCUT2D eigenvalue weighted by Crippen LogP contribution is -2.39. The van der Waals surface area contributed by atoms with E-state index in [1.807, 2.05) is 0 Å². The highest BCUT2D eigenvalue weighted by molar-refractivity contribution is 6.08. The van der Waals surface area contributed by atoms with Gasteiger partial charge in [-0.3, -0.25) is 0 Å². The molecule has 0 saturated carbocycles. The van der Waals surface area contributed by atoms with Gasteiger partial charge in [0.1, 0.15) is 6.54 Å². The van der Waals surface area contributed by atoms with E-state index in [1.54, 1.807) is 0 Å². The van der Waals surface area contributed by atoms with E-state index < -0.39 is 0 Å². The van der Waals surface area contributed by atoms with Gasteiger partial charge >= 0.3 is 0 Å². The van der Waals surface area contributed by atoms with Gasteiger partial charge in [-0.15, -0.1) is 0 Å². The highest BCUT2D eigenvalue weighted by atomic mass is 28.1. The fourth-order valence-electron chi connectivity index (χ4n) is 5.02. The van der Waals surface area contributed by atoms with Crippen LogP contribution in [0, 0.1) is 0 Å². The number of hydrogen-bond donors (Lipinski definition) is 1. The Kier molecular flexibility index (Phi) is 21.0. The number of nitrogens with zero attached hydrogens (tertiary/aromatic N) is 1. The van der Waals surface area contributed by atoms with E-state index in [0.717, 1.165) is 11.0 Å². The molecule has 3 heteroatoms. The summed E-state index contributed by atoms with van der Waals surface area (Å²) in [5, 5.41) is 3.57. The molecule has 0 aliphatic rings. The molecule has 0 atom stereocenters. The lowest BCUT2D eigenvalue weighted by Gasteiger charge is -2.30. The van der Waals surface area contributed by atoms with Crippen molar-refractivity contribution in [2.24, 2.45) is 0 Å². The predicted octanol–water partition coefficient (Wildman–Crippen LogP) is 7.66. The van der Waals surface area contributed by atoms with Crippen molar-refractivity contribution >= 4 is 10.2 Å². The van der Waals surface area contributed by atoms with Crippen LogP contribution in [0.5, 0.6) is 0 Å². The molecule has 0 aliphatic heterocycles. The molecule has 0 spiro atoms. The Hall–Kier alpha value is -0.643. The third-order valence-electron chi connectivity index (χ3n) is 7.28. The summed E-state index contributed by atoms with van der Waals surface area (Å²) in [5.41, 5.74) is 1.46. The number of hydrogen-bond acceptors (Lipinski definition) is 1. The topological polar surface area (TPSA) is 12.0 Å². The molecule has 1 N–H and O–H groups in total. The molecule has 0 unspecified atom stereocenters. The van der Waals surface area contributed by atoms with E-state index >= 15 is 0 Å². The fraction of sp³-hybridized carbons (Fsp3) is 0.806. The van der Waals surface area contributed by atoms with E-state index in [0.29, 0.717) is 0 Å². The Balaban J connectivity index is 1.74. The molecule has 0 bridgehead atoms. The van der Waals surface area contributed by atoms with Crippen LogP contribution < -0.4 is 5.32 Å². The highest BCUT2D eigenvalue weighted by Gasteiger charge is 2.14. The highest BCUT2D eigenvalue weighted by Crippen LogP contribution is 2.15. The van der Waals surface area contributed by atoms with Gasteiger partial charge in [-0.1, -0.05) is 126 Å². The maximum atomic E-state index is 3.57. The van der Waals surface area contributed by atoms with Crippen molar-refractivity contribution < 1.29 is 4.48 Å². The van der Waals surface area contributed by atoms with Crippen LogP contribution in [-0.2, 0) is 6.54 Å². The van der Waals surface area contributed by atoms with E-state index in [4.69, 9.17) is 0 Å². The molecule has 1 rings (SSSR count). The molecule has 0 radical (unpaired) electrons. The average molecular weight is 490 g/mol. The van der Waals surface area contributed by atoms with Gasteiger partial charge in [0.2, 0.25) is 0 Å². The Morgan fingerprint density at radius 2 is 0.971 bits per heavy atom. The Morgan fingerprint density at radius 1 is 0.559 bits per heavy atom. The van der Waals surface area contributed by atoms with E-state index in [2.05, 4.69) is 49.7 Å². The average Bonchev–Trinajstić information content (AvgIpc) is 2.82. The summed E-state index contributed by atoms with van der Waals surface area (Å²) in [6.07, 6.45) is 26.0. The van der Waals surface area contributed by atoms with Crippen molar-refractivity contribution in [1.29, 1.82) is 0 Å². The molecule has 198 valence electrons. The lowest BCUT2D eigenvalue weighted by atomic mass is 10.0. The SMILES string of the molecule is C[N+](C)(CCCCCCCCCCCCCCCCCCCNCCC[SiH3])Cc1ccccc1. The second-order valence-corrected chi connectivity index (χ2v) is 12.4. The fourth-order valence-corrected chi connectivity index (χ4v) is 5.38. The predicted molar refractivity (Wildman–Crippen MR) is 158 cm³/mol. The van der Waals surface area contributed by atoms with Crippen molar-refractivity contribution in [3.63, 3.8) is 0 Å². The first-order chi connectivity index (χ1) is 16.6. The normalized spacial score (nSPS) is 11.9. The van der Waals surface area contributed by atoms with Gasteiger partial charge in [0.05, 0.1) is 20.6 Å². The summed E-state index contributed by atoms with van der Waals surface area (Å²) in [6, 6.07) is 12.4. The molecule has 2 nitrogen and oxygen atoms in total. The zero-order chi connectivity index (χ0) is 24.6. The molecule has 34 heavy (non-hydrogen) atoms. The Morgan fingerprint density at radius 3 is 1.44 bits per heavy atom. The largest absolute Gasteiger partial charge is 0.325 e. The monoisotopic (exact) mass is 489 g/mol. The minimum atomic E-state index is 1.11. The third kappa shape index (κ3) is 20.7. The molecule has 1 aromatic rings. The van der Waals surface area contributed by atoms with E-state index in [1.165, 1.54) is 157 Å². The number of nitrogens with one attached hydrogen (secondary N) is 1. The lowest BCUT2D eigenvalue weighted by molar-refractivity contribution is -0.903. The summed E-state index contributed by atoms with van der Waals surface area (Å²) >= 11 is 0. The first kappa shape index (κ1) is 31.4. The number of benzene rings is 1. The van der Waals surface area contributed by atoms with Crippen LogP contribution in [0.4, 0.5) is 0 Å². The van der Waals surface area contributed by atoms with Crippen molar-refractivity contribution in [3.8, 4) is 0 Å². The minimum Gasteiger partial charge on any atom is -0.325 e. The van der Waals surface area contributed by atoms with Gasteiger partial charge in [0.15, 0.2) is 0 Å². The molecule has 0 amide bonds. The molecule has 0 heterocycles. The smallest absolute Gasteiger partial charge is 0.104 e. The van der Waals surface area contributed by atoms with Crippen molar-refractivity contribution in [3.05, 3.63) is 35.9 Å². The zero-order valence-electron chi connectivity index (χ0n) is 23.6. The summed E-state index contributed by atoms with van der Waals surface area (Å²) in [4.78, 5) is 0. The molecule has 0 aromatic heterocycles. The third-order valence-corrected chi connectivity index (χ3v) is 7.98. The summed E-state index contributed by atoms with van der Waals surface area (Å²) < 4.78 is 1.11. The van der Waals surface area contributed by atoms with Crippen LogP contribution >= 0.6 is 0 Å². The second kappa shape index (κ2) is 22.8. The maximum Gasteiger partial charge on any atom is 0.104 e. The van der Waals surface area contributed by atoms with Gasteiger partial charge in [-0.25, -0.2) is 0 Å². The summed E-state index contributed by atoms with van der Waals surface area (Å²) in [7, 11) is 6.12. The molecule has 0 saturated heterocycles. The van der Waals surface area contributed by atoms with Crippen molar-refractivity contribution in [1.82, 2.24) is 5.32 Å². The number of rotatable bonds is 25. The van der Waals surface area contributed by atoms with Crippen molar-refractivity contribution in [2.45, 2.75) is 128 Å². The Bertz CT molecular complexity index is 531. The van der Waals surface area contributed by atoms with Crippen LogP contribution in [0.2, 0.25) is 6.04 Å². The van der Waals surface area contributed by atoms with Gasteiger partial charge in [0, 0.05) is 15.8 Å². The first-order valence-corrected chi connectivity index (χ1v) is 16.6. The molecular formula is C31H61N2Si+. The minimum absolute atomic E-state index is 1.11. The van der Waals surface area contributed by atoms with Gasteiger partial charge in [-0.05, 0) is 38.8 Å². The molecule has 0 fully saturated rings. The van der Waals surface area contributed by atoms with Crippen LogP contribution in [0.3, 0.4) is 0 Å². The standard InChI is InChI=1S/C31H61N2Si/c1-33(2,30-31-24-19-18-20-25-31)28-22-17-15-13-11-9-7-5-3-4-6-8-10-12-14-16-21-26-32-27-23-29-34/h18-20,24-25,32H,3-17,21-23,26-30H2,1-2,34H3/q+1. The number of unbranched alkanes of at least 4 members (excludes halogenated alkanes) is 16. The van der Waals surface area contributed by atoms with Gasteiger partial charge in [-0.2, -0.15) is 0 Å². The first-order valence-electron chi connectivity index (χ1n) is 15.2. The van der Waals surface area contributed by atoms with Gasteiger partial charge < -0.3 is 9.80 Å². The summed E-state index contributed by atoms with van der Waals surface area (Å²) in [5.74, 6) is 0. The molecular weight excluding hydrogens is 428 g/mol. The molecule has 1 aromatic carbocycles. The zero-order valence-corrected chi connectivity index (χ0v) is 25.6. The molecule has 0 aliphatic carbocycles. The van der Waals surface area contributed by atoms with E-state index in [-0.39, 0.29) is 0 Å². The van der Waals surface area contributed by atoms with Crippen LogP contribution in [-0.4, -0.2) is 48.5 Å². The van der Waals surface area contributed by atoms with Gasteiger partial charge in [0.25, 0.3) is 0 Å². The van der Waals surface area contributed by atoms with Crippen LogP contribution in [0.15, 0.2) is 30.3 Å². The van der Waals surface area contributed by atoms with Crippen LogP contribution in [0.1, 0.15) is 121 Å². The van der Waals surface area contributed by atoms with E-state index in [9.17, 15) is 0 Å². The van der Waals surface area contributed by atoms with Crippen LogP contribution in [0.25, 0.3) is 0 Å². The second-order valence-electron chi connectivity index (χ2n) is 11.4. The van der Waals surface area contributed by atoms with Crippen molar-refractivity contribution in [2.75, 3.05) is 33.7 Å².